The molecule has 3 aromatic rings. The van der Waals surface area contributed by atoms with E-state index in [2.05, 4.69) is 15.0 Å². The number of ketones is 1. The Kier molecular flexibility index (Phi) is 3.08. The molecule has 20 heavy (non-hydrogen) atoms. The number of carbonyl (C=O) groups excluding carboxylic acids is 1. The average molecular weight is 288 g/mol. The van der Waals surface area contributed by atoms with E-state index in [1.807, 2.05) is 0 Å². The Labute approximate surface area is 119 Å². The molecule has 0 spiro atoms. The predicted molar refractivity (Wildman–Crippen MR) is 75.5 cm³/mol. The first-order valence-electron chi connectivity index (χ1n) is 5.85. The van der Waals surface area contributed by atoms with Crippen LogP contribution in [0.1, 0.15) is 10.4 Å². The number of Topliss-reactive ketones (excluding diaryl/α,β-unsaturated/α-hetero) is 1. The number of hydrogen-bond acceptors (Lipinski definition) is 5. The summed E-state index contributed by atoms with van der Waals surface area (Å²) >= 11 is 5.80. The molecule has 2 heterocycles. The Morgan fingerprint density at radius 2 is 1.95 bits per heavy atom. The van der Waals surface area contributed by atoms with Crippen LogP contribution in [-0.2, 0) is 6.54 Å². The van der Waals surface area contributed by atoms with Crippen molar-refractivity contribution in [1.82, 2.24) is 19.5 Å². The number of imidazole rings is 1. The van der Waals surface area contributed by atoms with Crippen molar-refractivity contribution in [1.29, 1.82) is 0 Å². The predicted octanol–water partition coefficient (Wildman–Crippen LogP) is 1.94. The molecule has 6 nitrogen and oxygen atoms in total. The van der Waals surface area contributed by atoms with Crippen molar-refractivity contribution in [2.24, 2.45) is 0 Å². The van der Waals surface area contributed by atoms with Gasteiger partial charge in [-0.05, 0) is 24.3 Å². The standard InChI is InChI=1S/C13H10ClN5O/c14-9-3-1-8(2-4-9)10(20)5-19-7-18-11-12(15)16-6-17-13(11)19/h1-4,6-7H,5H2,(H2,15,16,17). The van der Waals surface area contributed by atoms with Gasteiger partial charge in [-0.25, -0.2) is 15.0 Å². The zero-order valence-electron chi connectivity index (χ0n) is 10.3. The first-order chi connectivity index (χ1) is 9.65. The van der Waals surface area contributed by atoms with Crippen molar-refractivity contribution in [3.63, 3.8) is 0 Å². The van der Waals surface area contributed by atoms with Gasteiger partial charge in [-0.3, -0.25) is 4.79 Å². The molecule has 0 bridgehead atoms. The van der Waals surface area contributed by atoms with E-state index in [9.17, 15) is 4.79 Å². The van der Waals surface area contributed by atoms with Gasteiger partial charge in [0.1, 0.15) is 11.8 Å². The molecule has 7 heteroatoms. The number of halogens is 1. The average Bonchev–Trinajstić information content (AvgIpc) is 2.84. The highest BCUT2D eigenvalue weighted by Gasteiger charge is 2.12. The van der Waals surface area contributed by atoms with Gasteiger partial charge in [0.15, 0.2) is 17.2 Å². The van der Waals surface area contributed by atoms with Gasteiger partial charge in [-0.15, -0.1) is 0 Å². The number of nitrogens with two attached hydrogens (primary N) is 1. The maximum atomic E-state index is 12.2. The molecule has 0 radical (unpaired) electrons. The summed E-state index contributed by atoms with van der Waals surface area (Å²) in [5.74, 6) is 0.242. The third-order valence-electron chi connectivity index (χ3n) is 2.91. The monoisotopic (exact) mass is 287 g/mol. The molecule has 3 rings (SSSR count). The number of aromatic nitrogens is 4. The van der Waals surface area contributed by atoms with E-state index in [-0.39, 0.29) is 12.3 Å². The second kappa shape index (κ2) is 4.90. The molecule has 0 fully saturated rings. The maximum Gasteiger partial charge on any atom is 0.182 e. The van der Waals surface area contributed by atoms with E-state index >= 15 is 0 Å². The minimum absolute atomic E-state index is 0.0573. The first-order valence-corrected chi connectivity index (χ1v) is 6.23. The molecule has 2 N–H and O–H groups in total. The topological polar surface area (TPSA) is 86.7 Å². The Hall–Kier alpha value is -2.47. The van der Waals surface area contributed by atoms with E-state index in [0.717, 1.165) is 0 Å². The highest BCUT2D eigenvalue weighted by atomic mass is 35.5. The molecular weight excluding hydrogens is 278 g/mol. The number of nitrogen functional groups attached to an aromatic ring is 1. The highest BCUT2D eigenvalue weighted by molar-refractivity contribution is 6.30. The van der Waals surface area contributed by atoms with Crippen molar-refractivity contribution in [3.8, 4) is 0 Å². The lowest BCUT2D eigenvalue weighted by molar-refractivity contribution is 0.0973. The largest absolute Gasteiger partial charge is 0.382 e. The zero-order chi connectivity index (χ0) is 14.1. The van der Waals surface area contributed by atoms with Gasteiger partial charge >= 0.3 is 0 Å². The van der Waals surface area contributed by atoms with Crippen LogP contribution < -0.4 is 5.73 Å². The maximum absolute atomic E-state index is 12.2. The lowest BCUT2D eigenvalue weighted by atomic mass is 10.1. The molecule has 0 saturated heterocycles. The highest BCUT2D eigenvalue weighted by Crippen LogP contribution is 2.15. The third-order valence-corrected chi connectivity index (χ3v) is 3.16. The molecule has 0 aliphatic heterocycles. The molecule has 2 aromatic heterocycles. The summed E-state index contributed by atoms with van der Waals surface area (Å²) in [5.41, 5.74) is 7.32. The van der Waals surface area contributed by atoms with Crippen LogP contribution in [-0.4, -0.2) is 25.3 Å². The summed E-state index contributed by atoms with van der Waals surface area (Å²) in [4.78, 5) is 24.3. The molecule has 0 aliphatic rings. The molecule has 1 aromatic carbocycles. The minimum atomic E-state index is -0.0573. The van der Waals surface area contributed by atoms with Crippen molar-refractivity contribution in [2.75, 3.05) is 5.73 Å². The van der Waals surface area contributed by atoms with Crippen molar-refractivity contribution in [2.45, 2.75) is 6.54 Å². The number of benzene rings is 1. The number of fused-ring (bicyclic) bond motifs is 1. The van der Waals surface area contributed by atoms with E-state index in [4.69, 9.17) is 17.3 Å². The molecule has 100 valence electrons. The summed E-state index contributed by atoms with van der Waals surface area (Å²) in [6.07, 6.45) is 2.88. The Morgan fingerprint density at radius 1 is 1.20 bits per heavy atom. The summed E-state index contributed by atoms with van der Waals surface area (Å²) in [7, 11) is 0. The third kappa shape index (κ3) is 2.21. The van der Waals surface area contributed by atoms with Crippen molar-refractivity contribution >= 4 is 34.4 Å². The number of anilines is 1. The minimum Gasteiger partial charge on any atom is -0.382 e. The smallest absolute Gasteiger partial charge is 0.182 e. The normalized spacial score (nSPS) is 10.8. The first kappa shape index (κ1) is 12.6. The fourth-order valence-corrected chi connectivity index (χ4v) is 2.02. The van der Waals surface area contributed by atoms with Crippen LogP contribution in [0.3, 0.4) is 0 Å². The van der Waals surface area contributed by atoms with Crippen LogP contribution in [0.2, 0.25) is 5.02 Å². The van der Waals surface area contributed by atoms with E-state index in [1.165, 1.54) is 12.7 Å². The SMILES string of the molecule is Nc1ncnc2c1ncn2CC(=O)c1ccc(Cl)cc1. The van der Waals surface area contributed by atoms with E-state index in [1.54, 1.807) is 28.8 Å². The van der Waals surface area contributed by atoms with Gasteiger partial charge in [-0.2, -0.15) is 0 Å². The lowest BCUT2D eigenvalue weighted by Crippen LogP contribution is -2.10. The van der Waals surface area contributed by atoms with Crippen molar-refractivity contribution < 1.29 is 4.79 Å². The summed E-state index contributed by atoms with van der Waals surface area (Å²) in [6.45, 7) is 0.134. The number of carbonyl (C=O) groups is 1. The quantitative estimate of drug-likeness (QED) is 0.744. The van der Waals surface area contributed by atoms with Crippen LogP contribution >= 0.6 is 11.6 Å². The molecule has 0 amide bonds. The fourth-order valence-electron chi connectivity index (χ4n) is 1.90. The second-order valence-electron chi connectivity index (χ2n) is 4.23. The van der Waals surface area contributed by atoms with Crippen LogP contribution in [0.4, 0.5) is 5.82 Å². The van der Waals surface area contributed by atoms with Gasteiger partial charge in [0.05, 0.1) is 12.9 Å². The Balaban J connectivity index is 1.91. The van der Waals surface area contributed by atoms with Crippen molar-refractivity contribution in [3.05, 3.63) is 47.5 Å². The van der Waals surface area contributed by atoms with E-state index < -0.39 is 0 Å². The Morgan fingerprint density at radius 3 is 2.70 bits per heavy atom. The van der Waals surface area contributed by atoms with Gasteiger partial charge in [-0.1, -0.05) is 11.6 Å². The zero-order valence-corrected chi connectivity index (χ0v) is 11.1. The van der Waals surface area contributed by atoms with Crippen LogP contribution in [0, 0.1) is 0 Å². The second-order valence-corrected chi connectivity index (χ2v) is 4.67. The molecular formula is C13H10ClN5O. The number of nitrogens with zero attached hydrogens (tertiary/aromatic N) is 4. The molecule has 0 unspecified atom stereocenters. The number of rotatable bonds is 3. The molecule has 0 saturated carbocycles. The van der Waals surface area contributed by atoms with Gasteiger partial charge in [0, 0.05) is 10.6 Å². The van der Waals surface area contributed by atoms with Crippen LogP contribution in [0.25, 0.3) is 11.2 Å². The summed E-state index contributed by atoms with van der Waals surface area (Å²) in [5, 5.41) is 0.593. The number of hydrogen-bond donors (Lipinski definition) is 1. The van der Waals surface area contributed by atoms with Crippen LogP contribution in [0.5, 0.6) is 0 Å². The van der Waals surface area contributed by atoms with Gasteiger partial charge < -0.3 is 10.3 Å². The lowest BCUT2D eigenvalue weighted by Gasteiger charge is -2.03. The van der Waals surface area contributed by atoms with Gasteiger partial charge in [0.25, 0.3) is 0 Å². The summed E-state index contributed by atoms with van der Waals surface area (Å²) < 4.78 is 1.64. The molecule has 0 aliphatic carbocycles. The van der Waals surface area contributed by atoms with Gasteiger partial charge in [0.2, 0.25) is 0 Å². The molecule has 0 atom stereocenters. The van der Waals surface area contributed by atoms with E-state index in [0.29, 0.717) is 27.6 Å². The fraction of sp³-hybridized carbons (Fsp3) is 0.0769. The Bertz CT molecular complexity index is 781. The van der Waals surface area contributed by atoms with Crippen LogP contribution in [0.15, 0.2) is 36.9 Å². The summed E-state index contributed by atoms with van der Waals surface area (Å²) in [6, 6.07) is 6.74.